The topological polar surface area (TPSA) is 32.3 Å². The molecule has 3 rings (SSSR count). The van der Waals surface area contributed by atoms with Crippen LogP contribution in [0.2, 0.25) is 10.0 Å². The number of likely N-dealkylation sites (tertiary alicyclic amines) is 1. The fourth-order valence-electron chi connectivity index (χ4n) is 3.25. The van der Waals surface area contributed by atoms with Crippen LogP contribution in [0, 0.1) is 11.8 Å². The molecular weight excluding hydrogens is 295 g/mol. The van der Waals surface area contributed by atoms with Crippen LogP contribution in [0.15, 0.2) is 18.2 Å². The lowest BCUT2D eigenvalue weighted by atomic mass is 9.92. The van der Waals surface area contributed by atoms with Crippen LogP contribution in [0.5, 0.6) is 0 Å². The molecule has 1 amide bonds. The van der Waals surface area contributed by atoms with E-state index in [0.717, 1.165) is 39.0 Å². The van der Waals surface area contributed by atoms with Crippen LogP contribution in [-0.4, -0.2) is 37.0 Å². The largest absolute Gasteiger partial charge is 0.339 e. The number of nitrogens with one attached hydrogen (secondary N) is 1. The van der Waals surface area contributed by atoms with Crippen LogP contribution in [0.4, 0.5) is 0 Å². The first kappa shape index (κ1) is 14.2. The van der Waals surface area contributed by atoms with Crippen LogP contribution in [0.25, 0.3) is 0 Å². The number of hydrogen-bond donors (Lipinski definition) is 1. The molecular formula is C15H18Cl2N2O. The van der Waals surface area contributed by atoms with Crippen molar-refractivity contribution in [2.24, 2.45) is 11.8 Å². The van der Waals surface area contributed by atoms with Crippen LogP contribution in [0.3, 0.4) is 0 Å². The zero-order chi connectivity index (χ0) is 14.1. The summed E-state index contributed by atoms with van der Waals surface area (Å²) >= 11 is 12.1. The Morgan fingerprint density at radius 1 is 1.15 bits per heavy atom. The Bertz CT molecular complexity index is 507. The summed E-state index contributed by atoms with van der Waals surface area (Å²) in [5, 5.41) is 4.47. The number of benzene rings is 1. The zero-order valence-electron chi connectivity index (χ0n) is 11.2. The molecule has 2 atom stereocenters. The Labute approximate surface area is 129 Å². The first-order valence-electron chi connectivity index (χ1n) is 7.10. The summed E-state index contributed by atoms with van der Waals surface area (Å²) in [4.78, 5) is 14.5. The Morgan fingerprint density at radius 2 is 1.80 bits per heavy atom. The van der Waals surface area contributed by atoms with Crippen LogP contribution in [-0.2, 0) is 0 Å². The second kappa shape index (κ2) is 5.92. The summed E-state index contributed by atoms with van der Waals surface area (Å²) in [6.07, 6.45) is 2.14. The highest BCUT2D eigenvalue weighted by Crippen LogP contribution is 2.29. The number of carbonyl (C=O) groups excluding carboxylic acids is 1. The standard InChI is InChI=1S/C15H18Cl2N2O/c16-12-1-2-14(17)13(7-12)15(20)19-5-3-10-8-18-9-11(10)4-6-19/h1-2,7,10-11,18H,3-6,8-9H2/t10-,11+. The molecule has 108 valence electrons. The van der Waals surface area contributed by atoms with E-state index in [9.17, 15) is 4.79 Å². The van der Waals surface area contributed by atoms with Gasteiger partial charge in [-0.1, -0.05) is 23.2 Å². The van der Waals surface area contributed by atoms with Crippen molar-refractivity contribution in [1.29, 1.82) is 0 Å². The highest BCUT2D eigenvalue weighted by molar-refractivity contribution is 6.35. The molecule has 20 heavy (non-hydrogen) atoms. The third-order valence-corrected chi connectivity index (χ3v) is 5.03. The molecule has 0 unspecified atom stereocenters. The lowest BCUT2D eigenvalue weighted by Crippen LogP contribution is -2.33. The summed E-state index contributed by atoms with van der Waals surface area (Å²) in [5.41, 5.74) is 0.518. The molecule has 0 aliphatic carbocycles. The second-order valence-corrected chi connectivity index (χ2v) is 6.52. The second-order valence-electron chi connectivity index (χ2n) is 5.67. The minimum absolute atomic E-state index is 0.00503. The molecule has 0 aromatic heterocycles. The normalized spacial score (nSPS) is 26.2. The van der Waals surface area contributed by atoms with Gasteiger partial charge in [0.05, 0.1) is 10.6 Å². The van der Waals surface area contributed by atoms with E-state index in [0.29, 0.717) is 27.4 Å². The average Bonchev–Trinajstić information content (AvgIpc) is 2.80. The highest BCUT2D eigenvalue weighted by Gasteiger charge is 2.32. The molecule has 1 aromatic carbocycles. The highest BCUT2D eigenvalue weighted by atomic mass is 35.5. The average molecular weight is 313 g/mol. The first-order chi connectivity index (χ1) is 9.65. The van der Waals surface area contributed by atoms with E-state index in [1.165, 1.54) is 0 Å². The summed E-state index contributed by atoms with van der Waals surface area (Å²) in [7, 11) is 0. The molecule has 1 N–H and O–H groups in total. The summed E-state index contributed by atoms with van der Waals surface area (Å²) < 4.78 is 0. The minimum Gasteiger partial charge on any atom is -0.339 e. The summed E-state index contributed by atoms with van der Waals surface area (Å²) in [6.45, 7) is 3.80. The van der Waals surface area contributed by atoms with E-state index in [4.69, 9.17) is 23.2 Å². The number of fused-ring (bicyclic) bond motifs is 1. The van der Waals surface area contributed by atoms with Crippen LogP contribution < -0.4 is 5.32 Å². The van der Waals surface area contributed by atoms with Crippen molar-refractivity contribution >= 4 is 29.1 Å². The molecule has 0 saturated carbocycles. The molecule has 2 fully saturated rings. The van der Waals surface area contributed by atoms with Gasteiger partial charge in [0.2, 0.25) is 0 Å². The number of hydrogen-bond acceptors (Lipinski definition) is 2. The van der Waals surface area contributed by atoms with Gasteiger partial charge in [-0.2, -0.15) is 0 Å². The minimum atomic E-state index is 0.00503. The van der Waals surface area contributed by atoms with Gasteiger partial charge >= 0.3 is 0 Å². The van der Waals surface area contributed by atoms with Crippen molar-refractivity contribution in [3.8, 4) is 0 Å². The number of nitrogens with zero attached hydrogens (tertiary/aromatic N) is 1. The van der Waals surface area contributed by atoms with E-state index in [1.54, 1.807) is 18.2 Å². The fraction of sp³-hybridized carbons (Fsp3) is 0.533. The van der Waals surface area contributed by atoms with Gasteiger partial charge in [-0.15, -0.1) is 0 Å². The molecule has 2 saturated heterocycles. The third kappa shape index (κ3) is 2.80. The molecule has 2 heterocycles. The molecule has 0 spiro atoms. The first-order valence-corrected chi connectivity index (χ1v) is 7.86. The monoisotopic (exact) mass is 312 g/mol. The van der Waals surface area contributed by atoms with E-state index in [1.807, 2.05) is 4.90 Å². The van der Waals surface area contributed by atoms with Crippen molar-refractivity contribution in [2.45, 2.75) is 12.8 Å². The maximum atomic E-state index is 12.6. The predicted molar refractivity (Wildman–Crippen MR) is 81.4 cm³/mol. The lowest BCUT2D eigenvalue weighted by Gasteiger charge is -2.21. The van der Waals surface area contributed by atoms with Crippen LogP contribution >= 0.6 is 23.2 Å². The van der Waals surface area contributed by atoms with Gasteiger partial charge in [0.15, 0.2) is 0 Å². The lowest BCUT2D eigenvalue weighted by molar-refractivity contribution is 0.0758. The molecule has 0 bridgehead atoms. The molecule has 0 radical (unpaired) electrons. The Hall–Kier alpha value is -0.770. The Morgan fingerprint density at radius 3 is 2.45 bits per heavy atom. The van der Waals surface area contributed by atoms with Gasteiger partial charge in [-0.3, -0.25) is 4.79 Å². The number of carbonyl (C=O) groups is 1. The Balaban J connectivity index is 1.75. The maximum Gasteiger partial charge on any atom is 0.255 e. The molecule has 1 aromatic rings. The van der Waals surface area contributed by atoms with Crippen molar-refractivity contribution in [2.75, 3.05) is 26.2 Å². The van der Waals surface area contributed by atoms with Crippen molar-refractivity contribution in [1.82, 2.24) is 10.2 Å². The van der Waals surface area contributed by atoms with Crippen molar-refractivity contribution < 1.29 is 4.79 Å². The van der Waals surface area contributed by atoms with Gasteiger partial charge in [0.1, 0.15) is 0 Å². The SMILES string of the molecule is O=C(c1cc(Cl)ccc1Cl)N1CC[C@@H]2CNC[C@@H]2CC1. The number of halogens is 2. The van der Waals surface area contributed by atoms with Gasteiger partial charge in [0, 0.05) is 18.1 Å². The van der Waals surface area contributed by atoms with Gasteiger partial charge < -0.3 is 10.2 Å². The number of amides is 1. The van der Waals surface area contributed by atoms with E-state index < -0.39 is 0 Å². The van der Waals surface area contributed by atoms with Crippen molar-refractivity contribution in [3.63, 3.8) is 0 Å². The molecule has 2 aliphatic heterocycles. The fourth-order valence-corrected chi connectivity index (χ4v) is 3.62. The third-order valence-electron chi connectivity index (χ3n) is 4.47. The smallest absolute Gasteiger partial charge is 0.255 e. The quantitative estimate of drug-likeness (QED) is 0.864. The van der Waals surface area contributed by atoms with Crippen LogP contribution in [0.1, 0.15) is 23.2 Å². The number of rotatable bonds is 1. The molecule has 2 aliphatic rings. The summed E-state index contributed by atoms with van der Waals surface area (Å²) in [5.74, 6) is 1.43. The van der Waals surface area contributed by atoms with E-state index in [-0.39, 0.29) is 5.91 Å². The molecule has 3 nitrogen and oxygen atoms in total. The van der Waals surface area contributed by atoms with E-state index >= 15 is 0 Å². The van der Waals surface area contributed by atoms with Crippen molar-refractivity contribution in [3.05, 3.63) is 33.8 Å². The zero-order valence-corrected chi connectivity index (χ0v) is 12.8. The predicted octanol–water partition coefficient (Wildman–Crippen LogP) is 3.07. The molecule has 5 heteroatoms. The van der Waals surface area contributed by atoms with Gasteiger partial charge in [-0.25, -0.2) is 0 Å². The Kier molecular flexibility index (Phi) is 4.20. The maximum absolute atomic E-state index is 12.6. The summed E-state index contributed by atoms with van der Waals surface area (Å²) in [6, 6.07) is 5.06. The van der Waals surface area contributed by atoms with Gasteiger partial charge in [-0.05, 0) is 56.0 Å². The van der Waals surface area contributed by atoms with E-state index in [2.05, 4.69) is 5.32 Å². The van der Waals surface area contributed by atoms with Gasteiger partial charge in [0.25, 0.3) is 5.91 Å².